The van der Waals surface area contributed by atoms with Gasteiger partial charge in [0.1, 0.15) is 0 Å². The zero-order chi connectivity index (χ0) is 5.41. The Balaban J connectivity index is -0.0000000400. The van der Waals surface area contributed by atoms with Crippen LogP contribution in [0.15, 0.2) is 0 Å². The third kappa shape index (κ3) is 167. The van der Waals surface area contributed by atoms with Crippen LogP contribution in [0.1, 0.15) is 0 Å². The summed E-state index contributed by atoms with van der Waals surface area (Å²) in [5, 5.41) is 0. The van der Waals surface area contributed by atoms with Crippen molar-refractivity contribution in [3.05, 3.63) is 0 Å². The molecule has 0 saturated heterocycles. The highest BCUT2D eigenvalue weighted by molar-refractivity contribution is 6.07. The van der Waals surface area contributed by atoms with Crippen molar-refractivity contribution in [1.82, 2.24) is 0 Å². The van der Waals surface area contributed by atoms with Crippen LogP contribution in [-0.4, -0.2) is 31.6 Å². The molecule has 0 aromatic rings. The predicted octanol–water partition coefficient (Wildman–Crippen LogP) is 1.19. The monoisotopic (exact) mass is 159 g/mol. The van der Waals surface area contributed by atoms with Crippen LogP contribution in [-0.2, 0) is 8.58 Å². The number of hydrogen-bond donors (Lipinski definition) is 0. The van der Waals surface area contributed by atoms with E-state index in [4.69, 9.17) is 0 Å². The Morgan fingerprint density at radius 2 is 1.00 bits per heavy atom. The van der Waals surface area contributed by atoms with E-state index in [9.17, 15) is 0 Å². The van der Waals surface area contributed by atoms with E-state index in [1.165, 1.54) is 14.2 Å². The summed E-state index contributed by atoms with van der Waals surface area (Å²) in [6.07, 6.45) is 0. The molecule has 0 atom stereocenters. The number of hydrogen-bond acceptors (Lipinski definition) is 2. The van der Waals surface area contributed by atoms with Crippen LogP contribution in [0.5, 0.6) is 0 Å². The third-order valence-electron chi connectivity index (χ3n) is 0. The molecular formula is C2H6AlCl2O2. The van der Waals surface area contributed by atoms with Crippen molar-refractivity contribution in [3.63, 3.8) is 0 Å². The van der Waals surface area contributed by atoms with Gasteiger partial charge < -0.3 is 0 Å². The fraction of sp³-hybridized carbons (Fsp3) is 1.00. The topological polar surface area (TPSA) is 18.5 Å². The second-order valence-corrected chi connectivity index (χ2v) is 0.926. The second-order valence-electron chi connectivity index (χ2n) is 0.309. The van der Waals surface area contributed by atoms with E-state index < -0.39 is 0 Å². The fourth-order valence-corrected chi connectivity index (χ4v) is 0. The molecule has 0 rings (SSSR count). The van der Waals surface area contributed by atoms with Gasteiger partial charge >= 0.3 is 0 Å². The first-order chi connectivity index (χ1) is 2.83. The van der Waals surface area contributed by atoms with E-state index in [2.05, 4.69) is 32.3 Å². The van der Waals surface area contributed by atoms with Gasteiger partial charge in [-0.15, -0.1) is 0 Å². The Hall–Kier alpha value is 1.03. The SMILES string of the molecule is COCl.COCl.[Al]. The summed E-state index contributed by atoms with van der Waals surface area (Å²) >= 11 is 9.00. The zero-order valence-corrected chi connectivity index (χ0v) is 6.82. The van der Waals surface area contributed by atoms with Gasteiger partial charge in [-0.3, -0.25) is 8.58 Å². The van der Waals surface area contributed by atoms with E-state index >= 15 is 0 Å². The van der Waals surface area contributed by atoms with Gasteiger partial charge in [0.25, 0.3) is 0 Å². The minimum atomic E-state index is 0. The van der Waals surface area contributed by atoms with Crippen molar-refractivity contribution in [3.8, 4) is 0 Å². The molecule has 7 heavy (non-hydrogen) atoms. The van der Waals surface area contributed by atoms with E-state index in [0.717, 1.165) is 0 Å². The molecule has 0 spiro atoms. The molecule has 0 heterocycles. The van der Waals surface area contributed by atoms with Crippen LogP contribution in [0.25, 0.3) is 0 Å². The molecule has 0 aliphatic rings. The molecule has 0 aliphatic heterocycles. The van der Waals surface area contributed by atoms with Gasteiger partial charge in [0.05, 0.1) is 38.0 Å². The highest BCUT2D eigenvalue weighted by Gasteiger charge is 1.32. The summed E-state index contributed by atoms with van der Waals surface area (Å²) in [6, 6.07) is 0. The lowest BCUT2D eigenvalue weighted by molar-refractivity contribution is 0.463. The van der Waals surface area contributed by atoms with Crippen LogP contribution in [0.4, 0.5) is 0 Å². The maximum absolute atomic E-state index is 4.50. The Bertz CT molecular complexity index is 15.7. The van der Waals surface area contributed by atoms with Crippen LogP contribution in [0.2, 0.25) is 0 Å². The molecule has 0 unspecified atom stereocenters. The van der Waals surface area contributed by atoms with Crippen molar-refractivity contribution >= 4 is 41.1 Å². The van der Waals surface area contributed by atoms with Crippen LogP contribution >= 0.6 is 23.7 Å². The zero-order valence-electron chi connectivity index (χ0n) is 4.15. The molecule has 0 amide bonds. The lowest BCUT2D eigenvalue weighted by Crippen LogP contribution is -1.39. The Morgan fingerprint density at radius 3 is 1.00 bits per heavy atom. The summed E-state index contributed by atoms with van der Waals surface area (Å²) in [5.41, 5.74) is 0. The summed E-state index contributed by atoms with van der Waals surface area (Å²) < 4.78 is 7.44. The Labute approximate surface area is 64.2 Å². The minimum absolute atomic E-state index is 0. The molecule has 5 heteroatoms. The highest BCUT2D eigenvalue weighted by atomic mass is 35.5. The molecule has 0 aliphatic carbocycles. The van der Waals surface area contributed by atoms with Crippen LogP contribution in [0, 0.1) is 0 Å². The normalized spacial score (nSPS) is 5.14. The van der Waals surface area contributed by atoms with Crippen molar-refractivity contribution in [2.75, 3.05) is 14.2 Å². The average molecular weight is 160 g/mol. The van der Waals surface area contributed by atoms with E-state index in [0.29, 0.717) is 0 Å². The molecule has 0 aromatic heterocycles. The van der Waals surface area contributed by atoms with Crippen molar-refractivity contribution in [2.45, 2.75) is 0 Å². The molecule has 0 bridgehead atoms. The van der Waals surface area contributed by atoms with Crippen molar-refractivity contribution in [2.24, 2.45) is 0 Å². The lowest BCUT2D eigenvalue weighted by Gasteiger charge is -1.54. The molecular weight excluding hydrogens is 154 g/mol. The molecule has 0 saturated carbocycles. The van der Waals surface area contributed by atoms with Gasteiger partial charge in [0, 0.05) is 17.4 Å². The van der Waals surface area contributed by atoms with Crippen LogP contribution in [0.3, 0.4) is 0 Å². The smallest absolute Gasteiger partial charge is 0.0606 e. The maximum Gasteiger partial charge on any atom is 0.0606 e. The average Bonchev–Trinajstić information content (AvgIpc) is 1.39. The molecule has 0 aromatic carbocycles. The second kappa shape index (κ2) is 27.8. The van der Waals surface area contributed by atoms with E-state index in [1.54, 1.807) is 0 Å². The van der Waals surface area contributed by atoms with E-state index in [1.807, 2.05) is 0 Å². The first-order valence-electron chi connectivity index (χ1n) is 1.13. The number of halogens is 2. The largest absolute Gasteiger partial charge is 0.283 e. The van der Waals surface area contributed by atoms with Crippen molar-refractivity contribution in [1.29, 1.82) is 0 Å². The molecule has 43 valence electrons. The van der Waals surface area contributed by atoms with E-state index in [-0.39, 0.29) is 17.4 Å². The van der Waals surface area contributed by atoms with Crippen molar-refractivity contribution < 1.29 is 8.58 Å². The molecule has 2 nitrogen and oxygen atoms in total. The summed E-state index contributed by atoms with van der Waals surface area (Å²) in [7, 11) is 2.78. The summed E-state index contributed by atoms with van der Waals surface area (Å²) in [5.74, 6) is 0. The first-order valence-corrected chi connectivity index (χ1v) is 1.74. The minimum Gasteiger partial charge on any atom is -0.283 e. The molecule has 3 radical (unpaired) electrons. The number of rotatable bonds is 0. The quantitative estimate of drug-likeness (QED) is 0.495. The third-order valence-corrected chi connectivity index (χ3v) is 0. The van der Waals surface area contributed by atoms with Gasteiger partial charge in [-0.1, -0.05) is 0 Å². The molecule has 0 fully saturated rings. The fourth-order valence-electron chi connectivity index (χ4n) is 0. The predicted molar refractivity (Wildman–Crippen MR) is 31.5 cm³/mol. The van der Waals surface area contributed by atoms with Gasteiger partial charge in [0.2, 0.25) is 0 Å². The Morgan fingerprint density at radius 1 is 1.00 bits per heavy atom. The van der Waals surface area contributed by atoms with Gasteiger partial charge in [-0.2, -0.15) is 0 Å². The summed E-state index contributed by atoms with van der Waals surface area (Å²) in [4.78, 5) is 0. The van der Waals surface area contributed by atoms with Gasteiger partial charge in [-0.25, -0.2) is 0 Å². The van der Waals surface area contributed by atoms with Gasteiger partial charge in [-0.05, 0) is 0 Å². The first kappa shape index (κ1) is 15.7. The van der Waals surface area contributed by atoms with Gasteiger partial charge in [0.15, 0.2) is 0 Å². The standard InChI is InChI=1S/2CH3ClO.Al/c2*1-3-2;/h2*1H3;. The molecule has 0 N–H and O–H groups in total. The Kier molecular flexibility index (Phi) is 62.4. The summed E-state index contributed by atoms with van der Waals surface area (Å²) in [6.45, 7) is 0. The lowest BCUT2D eigenvalue weighted by atomic mass is 11.8. The van der Waals surface area contributed by atoms with Crippen LogP contribution < -0.4 is 0 Å². The maximum atomic E-state index is 4.50. The highest BCUT2D eigenvalue weighted by Crippen LogP contribution is 1.60.